The predicted octanol–water partition coefficient (Wildman–Crippen LogP) is -0.00720. The molecule has 0 amide bonds. The van der Waals surface area contributed by atoms with Crippen LogP contribution < -0.4 is 5.73 Å². The summed E-state index contributed by atoms with van der Waals surface area (Å²) < 4.78 is 4.90. The molecule has 12 heavy (non-hydrogen) atoms. The van der Waals surface area contributed by atoms with E-state index in [1.165, 1.54) is 0 Å². The van der Waals surface area contributed by atoms with Crippen molar-refractivity contribution < 1.29 is 4.74 Å². The van der Waals surface area contributed by atoms with E-state index in [-0.39, 0.29) is 6.04 Å². The van der Waals surface area contributed by atoms with Gasteiger partial charge < -0.3 is 10.5 Å². The normalized spacial score (nSPS) is 12.8. The van der Waals surface area contributed by atoms with Gasteiger partial charge in [0.25, 0.3) is 0 Å². The molecule has 1 unspecified atom stereocenters. The lowest BCUT2D eigenvalue weighted by molar-refractivity contribution is 0.179. The minimum absolute atomic E-state index is 0.0163. The summed E-state index contributed by atoms with van der Waals surface area (Å²) in [4.78, 5) is 8.11. The van der Waals surface area contributed by atoms with Gasteiger partial charge in [-0.15, -0.1) is 0 Å². The van der Waals surface area contributed by atoms with Crippen molar-refractivity contribution in [1.82, 2.24) is 9.97 Å². The van der Waals surface area contributed by atoms with Crippen molar-refractivity contribution in [2.45, 2.75) is 12.5 Å². The first-order chi connectivity index (χ1) is 5.83. The van der Waals surface area contributed by atoms with Gasteiger partial charge in [0.15, 0.2) is 0 Å². The van der Waals surface area contributed by atoms with E-state index in [1.54, 1.807) is 25.6 Å². The van der Waals surface area contributed by atoms with Gasteiger partial charge in [-0.2, -0.15) is 0 Å². The van der Waals surface area contributed by atoms with Crippen LogP contribution in [0.25, 0.3) is 0 Å². The molecule has 0 bridgehead atoms. The molecule has 0 saturated carbocycles. The molecule has 0 aliphatic rings. The third kappa shape index (κ3) is 2.94. The van der Waals surface area contributed by atoms with Gasteiger partial charge in [-0.1, -0.05) is 0 Å². The van der Waals surface area contributed by atoms with Crippen LogP contribution >= 0.6 is 0 Å². The monoisotopic (exact) mass is 167 g/mol. The summed E-state index contributed by atoms with van der Waals surface area (Å²) in [6.07, 6.45) is 4.08. The molecule has 0 aliphatic carbocycles. The SMILES string of the molecule is COCC(N)Cc1ncccn1. The van der Waals surface area contributed by atoms with E-state index < -0.39 is 0 Å². The fraction of sp³-hybridized carbons (Fsp3) is 0.500. The van der Waals surface area contributed by atoms with E-state index in [2.05, 4.69) is 9.97 Å². The van der Waals surface area contributed by atoms with Crippen molar-refractivity contribution in [2.24, 2.45) is 5.73 Å². The Balaban J connectivity index is 2.41. The summed E-state index contributed by atoms with van der Waals surface area (Å²) in [6.45, 7) is 0.540. The van der Waals surface area contributed by atoms with Crippen LogP contribution in [0.4, 0.5) is 0 Å². The third-order valence-electron chi connectivity index (χ3n) is 1.44. The molecule has 1 aromatic rings. The van der Waals surface area contributed by atoms with Crippen LogP contribution in [0.5, 0.6) is 0 Å². The molecule has 0 fully saturated rings. The van der Waals surface area contributed by atoms with E-state index >= 15 is 0 Å². The van der Waals surface area contributed by atoms with Crippen LogP contribution in [0, 0.1) is 0 Å². The lowest BCUT2D eigenvalue weighted by atomic mass is 10.2. The standard InChI is InChI=1S/C8H13N3O/c1-12-6-7(9)5-8-10-3-2-4-11-8/h2-4,7H,5-6,9H2,1H3. The van der Waals surface area contributed by atoms with E-state index in [4.69, 9.17) is 10.5 Å². The molecule has 2 N–H and O–H groups in total. The maximum absolute atomic E-state index is 5.71. The van der Waals surface area contributed by atoms with Crippen LogP contribution in [0.1, 0.15) is 5.82 Å². The number of nitrogens with two attached hydrogens (primary N) is 1. The van der Waals surface area contributed by atoms with Crippen LogP contribution in [-0.4, -0.2) is 29.7 Å². The van der Waals surface area contributed by atoms with E-state index in [0.717, 1.165) is 5.82 Å². The van der Waals surface area contributed by atoms with Gasteiger partial charge in [-0.05, 0) is 6.07 Å². The fourth-order valence-electron chi connectivity index (χ4n) is 0.943. The van der Waals surface area contributed by atoms with Crippen LogP contribution in [-0.2, 0) is 11.2 Å². The molecule has 0 spiro atoms. The first kappa shape index (κ1) is 9.09. The second kappa shape index (κ2) is 4.79. The molecular weight excluding hydrogens is 154 g/mol. The minimum Gasteiger partial charge on any atom is -0.383 e. The molecule has 0 radical (unpaired) electrons. The van der Waals surface area contributed by atoms with Crippen molar-refractivity contribution in [3.63, 3.8) is 0 Å². The number of rotatable bonds is 4. The first-order valence-electron chi connectivity index (χ1n) is 3.83. The zero-order chi connectivity index (χ0) is 8.81. The van der Waals surface area contributed by atoms with Gasteiger partial charge in [0.05, 0.1) is 6.61 Å². The fourth-order valence-corrected chi connectivity index (χ4v) is 0.943. The zero-order valence-electron chi connectivity index (χ0n) is 7.10. The van der Waals surface area contributed by atoms with Gasteiger partial charge in [-0.3, -0.25) is 0 Å². The Kier molecular flexibility index (Phi) is 3.63. The summed E-state index contributed by atoms with van der Waals surface area (Å²) in [6, 6.07) is 1.77. The van der Waals surface area contributed by atoms with Gasteiger partial charge in [0.2, 0.25) is 0 Å². The van der Waals surface area contributed by atoms with Crippen molar-refractivity contribution in [3.05, 3.63) is 24.3 Å². The summed E-state index contributed by atoms with van der Waals surface area (Å²) >= 11 is 0. The maximum Gasteiger partial charge on any atom is 0.129 e. The van der Waals surface area contributed by atoms with Crippen LogP contribution in [0.15, 0.2) is 18.5 Å². The lowest BCUT2D eigenvalue weighted by Gasteiger charge is -2.07. The van der Waals surface area contributed by atoms with Crippen molar-refractivity contribution in [1.29, 1.82) is 0 Å². The van der Waals surface area contributed by atoms with Gasteiger partial charge in [-0.25, -0.2) is 9.97 Å². The highest BCUT2D eigenvalue weighted by atomic mass is 16.5. The van der Waals surface area contributed by atoms with Crippen LogP contribution in [0.3, 0.4) is 0 Å². The number of aromatic nitrogens is 2. The average Bonchev–Trinajstić information content (AvgIpc) is 2.06. The summed E-state index contributed by atoms with van der Waals surface area (Å²) in [7, 11) is 1.63. The highest BCUT2D eigenvalue weighted by Gasteiger charge is 2.04. The molecule has 1 heterocycles. The number of hydrogen-bond donors (Lipinski definition) is 1. The van der Waals surface area contributed by atoms with Crippen molar-refractivity contribution in [3.8, 4) is 0 Å². The quantitative estimate of drug-likeness (QED) is 0.685. The second-order valence-electron chi connectivity index (χ2n) is 2.58. The number of nitrogens with zero attached hydrogens (tertiary/aromatic N) is 2. The molecule has 4 heteroatoms. The Bertz CT molecular complexity index is 215. The smallest absolute Gasteiger partial charge is 0.129 e. The Labute approximate surface area is 71.8 Å². The Morgan fingerprint density at radius 1 is 1.50 bits per heavy atom. The Morgan fingerprint density at radius 3 is 2.75 bits per heavy atom. The number of hydrogen-bond acceptors (Lipinski definition) is 4. The predicted molar refractivity (Wildman–Crippen MR) is 45.6 cm³/mol. The van der Waals surface area contributed by atoms with Crippen LogP contribution in [0.2, 0.25) is 0 Å². The molecule has 0 aliphatic heterocycles. The third-order valence-corrected chi connectivity index (χ3v) is 1.44. The second-order valence-corrected chi connectivity index (χ2v) is 2.58. The summed E-state index contributed by atoms with van der Waals surface area (Å²) in [5, 5.41) is 0. The molecule has 0 saturated heterocycles. The highest BCUT2D eigenvalue weighted by Crippen LogP contribution is 1.93. The Morgan fingerprint density at radius 2 is 2.17 bits per heavy atom. The summed E-state index contributed by atoms with van der Waals surface area (Å²) in [5.41, 5.74) is 5.71. The minimum atomic E-state index is -0.0163. The molecule has 1 rings (SSSR count). The molecule has 1 atom stereocenters. The van der Waals surface area contributed by atoms with Crippen molar-refractivity contribution in [2.75, 3.05) is 13.7 Å². The van der Waals surface area contributed by atoms with Gasteiger partial charge in [0.1, 0.15) is 5.82 Å². The number of ether oxygens (including phenoxy) is 1. The number of methoxy groups -OCH3 is 1. The maximum atomic E-state index is 5.71. The van der Waals surface area contributed by atoms with E-state index in [0.29, 0.717) is 13.0 Å². The zero-order valence-corrected chi connectivity index (χ0v) is 7.10. The topological polar surface area (TPSA) is 61.0 Å². The Hall–Kier alpha value is -1.00. The summed E-state index contributed by atoms with van der Waals surface area (Å²) in [5.74, 6) is 0.766. The molecule has 0 aromatic carbocycles. The van der Waals surface area contributed by atoms with Gasteiger partial charge in [0, 0.05) is 32.0 Å². The molecular formula is C8H13N3O. The largest absolute Gasteiger partial charge is 0.383 e. The average molecular weight is 167 g/mol. The molecule has 1 aromatic heterocycles. The molecule has 4 nitrogen and oxygen atoms in total. The van der Waals surface area contributed by atoms with E-state index in [1.807, 2.05) is 0 Å². The lowest BCUT2D eigenvalue weighted by Crippen LogP contribution is -2.28. The van der Waals surface area contributed by atoms with E-state index in [9.17, 15) is 0 Å². The first-order valence-corrected chi connectivity index (χ1v) is 3.83. The van der Waals surface area contributed by atoms with Gasteiger partial charge >= 0.3 is 0 Å². The van der Waals surface area contributed by atoms with Crippen molar-refractivity contribution >= 4 is 0 Å². The highest BCUT2D eigenvalue weighted by molar-refractivity contribution is 4.91. The molecule has 66 valence electrons.